The molecule has 6 nitrogen and oxygen atoms in total. The molecule has 0 amide bonds. The molecule has 120 valence electrons. The summed E-state index contributed by atoms with van der Waals surface area (Å²) in [6.45, 7) is 2.43. The maximum absolute atomic E-state index is 10.7. The molecule has 1 aliphatic heterocycles. The lowest BCUT2D eigenvalue weighted by Crippen LogP contribution is -2.26. The van der Waals surface area contributed by atoms with Crippen molar-refractivity contribution in [3.8, 4) is 5.88 Å². The van der Waals surface area contributed by atoms with Crippen LogP contribution in [0.25, 0.3) is 0 Å². The monoisotopic (exact) mass is 313 g/mol. The lowest BCUT2D eigenvalue weighted by atomic mass is 10.0. The van der Waals surface area contributed by atoms with Crippen molar-refractivity contribution in [1.29, 1.82) is 0 Å². The first kappa shape index (κ1) is 15.3. The minimum absolute atomic E-state index is 0.303. The van der Waals surface area contributed by atoms with Crippen LogP contribution in [0, 0.1) is 0 Å². The van der Waals surface area contributed by atoms with Gasteiger partial charge < -0.3 is 14.7 Å². The fraction of sp³-hybridized carbons (Fsp3) is 0.353. The van der Waals surface area contributed by atoms with Crippen molar-refractivity contribution in [3.63, 3.8) is 0 Å². The molecule has 2 aromatic rings. The Hall–Kier alpha value is -2.63. The third-order valence-electron chi connectivity index (χ3n) is 3.80. The van der Waals surface area contributed by atoms with Gasteiger partial charge in [-0.15, -0.1) is 0 Å². The number of carboxylic acids is 1. The number of benzene rings is 1. The average molecular weight is 313 g/mol. The highest BCUT2D eigenvalue weighted by Crippen LogP contribution is 2.32. The van der Waals surface area contributed by atoms with Crippen molar-refractivity contribution in [2.24, 2.45) is 0 Å². The summed E-state index contributed by atoms with van der Waals surface area (Å²) in [7, 11) is 0. The first-order valence-electron chi connectivity index (χ1n) is 7.75. The number of para-hydroxylation sites is 1. The maximum atomic E-state index is 10.7. The van der Waals surface area contributed by atoms with E-state index in [1.165, 1.54) is 5.56 Å². The number of nitrogens with zero attached hydrogens (tertiary/aromatic N) is 3. The summed E-state index contributed by atoms with van der Waals surface area (Å²) in [6, 6.07) is 9.92. The number of ether oxygens (including phenoxy) is 1. The number of anilines is 2. The normalized spacial score (nSPS) is 13.5. The van der Waals surface area contributed by atoms with E-state index in [1.807, 2.05) is 19.1 Å². The molecule has 0 spiro atoms. The van der Waals surface area contributed by atoms with E-state index in [9.17, 15) is 4.79 Å². The molecule has 1 aromatic heterocycles. The van der Waals surface area contributed by atoms with Crippen LogP contribution in [0.5, 0.6) is 5.88 Å². The van der Waals surface area contributed by atoms with Crippen LogP contribution in [0.4, 0.5) is 11.6 Å². The number of carboxylic acid groups (broad SMARTS) is 1. The Morgan fingerprint density at radius 1 is 1.35 bits per heavy atom. The van der Waals surface area contributed by atoms with E-state index in [2.05, 4.69) is 27.0 Å². The van der Waals surface area contributed by atoms with Crippen molar-refractivity contribution in [2.75, 3.05) is 18.1 Å². The Morgan fingerprint density at radius 3 is 2.96 bits per heavy atom. The fourth-order valence-corrected chi connectivity index (χ4v) is 2.71. The molecule has 1 N–H and O–H groups in total. The molecule has 2 heterocycles. The molecule has 0 aliphatic carbocycles. The summed E-state index contributed by atoms with van der Waals surface area (Å²) in [5.74, 6) is -0.152. The molecule has 0 unspecified atom stereocenters. The second-order valence-electron chi connectivity index (χ2n) is 5.42. The topological polar surface area (TPSA) is 75.6 Å². The van der Waals surface area contributed by atoms with Crippen molar-refractivity contribution in [1.82, 2.24) is 9.97 Å². The van der Waals surface area contributed by atoms with E-state index in [0.717, 1.165) is 37.2 Å². The Balaban J connectivity index is 1.96. The number of carbonyl (C=O) groups is 1. The zero-order valence-corrected chi connectivity index (χ0v) is 13.0. The van der Waals surface area contributed by atoms with E-state index >= 15 is 0 Å². The molecule has 23 heavy (non-hydrogen) atoms. The van der Waals surface area contributed by atoms with E-state index in [4.69, 9.17) is 9.84 Å². The molecule has 1 aromatic carbocycles. The molecule has 0 fully saturated rings. The molecule has 0 bridgehead atoms. The minimum atomic E-state index is -1.02. The van der Waals surface area contributed by atoms with Crippen molar-refractivity contribution < 1.29 is 14.6 Å². The van der Waals surface area contributed by atoms with E-state index in [-0.39, 0.29) is 0 Å². The number of rotatable bonds is 5. The molecule has 3 rings (SSSR count). The van der Waals surface area contributed by atoms with Crippen LogP contribution in [0.2, 0.25) is 0 Å². The SMILES string of the molecule is CCc1cc(OCC(=O)O)nc(N2CCCc3ccccc32)n1. The number of aryl methyl sites for hydroxylation is 2. The molecule has 0 saturated heterocycles. The van der Waals surface area contributed by atoms with E-state index in [1.54, 1.807) is 6.07 Å². The summed E-state index contributed by atoms with van der Waals surface area (Å²) >= 11 is 0. The summed E-state index contributed by atoms with van der Waals surface area (Å²) in [5, 5.41) is 8.77. The third kappa shape index (κ3) is 3.41. The van der Waals surface area contributed by atoms with Crippen LogP contribution < -0.4 is 9.64 Å². The number of fused-ring (bicyclic) bond motifs is 1. The van der Waals surface area contributed by atoms with Gasteiger partial charge in [0.25, 0.3) is 0 Å². The highest BCUT2D eigenvalue weighted by molar-refractivity contribution is 5.68. The summed E-state index contributed by atoms with van der Waals surface area (Å²) in [4.78, 5) is 21.8. The summed E-state index contributed by atoms with van der Waals surface area (Å²) in [5.41, 5.74) is 3.21. The number of hydrogen-bond donors (Lipinski definition) is 1. The van der Waals surface area contributed by atoms with Gasteiger partial charge in [-0.05, 0) is 30.9 Å². The molecular weight excluding hydrogens is 294 g/mol. The van der Waals surface area contributed by atoms with Crippen LogP contribution in [-0.2, 0) is 17.6 Å². The second kappa shape index (κ2) is 6.64. The average Bonchev–Trinajstić information content (AvgIpc) is 2.59. The molecule has 0 radical (unpaired) electrons. The van der Waals surface area contributed by atoms with Crippen LogP contribution >= 0.6 is 0 Å². The molecular formula is C17H19N3O3. The van der Waals surface area contributed by atoms with E-state index < -0.39 is 12.6 Å². The van der Waals surface area contributed by atoms with Gasteiger partial charge in [-0.3, -0.25) is 0 Å². The number of aromatic nitrogens is 2. The maximum Gasteiger partial charge on any atom is 0.341 e. The first-order chi connectivity index (χ1) is 11.2. The molecule has 0 atom stereocenters. The highest BCUT2D eigenvalue weighted by atomic mass is 16.5. The lowest BCUT2D eigenvalue weighted by Gasteiger charge is -2.29. The van der Waals surface area contributed by atoms with Crippen molar-refractivity contribution in [3.05, 3.63) is 41.6 Å². The van der Waals surface area contributed by atoms with Gasteiger partial charge in [0.2, 0.25) is 11.8 Å². The van der Waals surface area contributed by atoms with Gasteiger partial charge in [-0.2, -0.15) is 4.98 Å². The highest BCUT2D eigenvalue weighted by Gasteiger charge is 2.21. The van der Waals surface area contributed by atoms with E-state index in [0.29, 0.717) is 11.8 Å². The quantitative estimate of drug-likeness (QED) is 0.914. The molecule has 6 heteroatoms. The lowest BCUT2D eigenvalue weighted by molar-refractivity contribution is -0.139. The zero-order chi connectivity index (χ0) is 16.2. The van der Waals surface area contributed by atoms with Gasteiger partial charge in [0, 0.05) is 24.0 Å². The largest absolute Gasteiger partial charge is 0.479 e. The Labute approximate surface area is 134 Å². The summed E-state index contributed by atoms with van der Waals surface area (Å²) < 4.78 is 5.25. The van der Waals surface area contributed by atoms with Gasteiger partial charge in [0.15, 0.2) is 6.61 Å². The predicted molar refractivity (Wildman–Crippen MR) is 86.3 cm³/mol. The standard InChI is InChI=1S/C17H19N3O3/c1-2-13-10-15(23-11-16(21)22)19-17(18-13)20-9-5-7-12-6-3-4-8-14(12)20/h3-4,6,8,10H,2,5,7,9,11H2,1H3,(H,21,22). The van der Waals surface area contributed by atoms with Crippen molar-refractivity contribution >= 4 is 17.6 Å². The minimum Gasteiger partial charge on any atom is -0.479 e. The van der Waals surface area contributed by atoms with Crippen molar-refractivity contribution in [2.45, 2.75) is 26.2 Å². The Bertz CT molecular complexity index is 718. The molecule has 0 saturated carbocycles. The first-order valence-corrected chi connectivity index (χ1v) is 7.75. The van der Waals surface area contributed by atoms with Gasteiger partial charge in [0.1, 0.15) is 0 Å². The van der Waals surface area contributed by atoms with Gasteiger partial charge in [0.05, 0.1) is 0 Å². The van der Waals surface area contributed by atoms with Crippen LogP contribution in [0.15, 0.2) is 30.3 Å². The smallest absolute Gasteiger partial charge is 0.341 e. The van der Waals surface area contributed by atoms with Gasteiger partial charge >= 0.3 is 5.97 Å². The van der Waals surface area contributed by atoms with Crippen LogP contribution in [0.3, 0.4) is 0 Å². The number of aliphatic carboxylic acids is 1. The third-order valence-corrected chi connectivity index (χ3v) is 3.80. The van der Waals surface area contributed by atoms with Crippen LogP contribution in [0.1, 0.15) is 24.6 Å². The Kier molecular flexibility index (Phi) is 4.41. The molecule has 1 aliphatic rings. The second-order valence-corrected chi connectivity index (χ2v) is 5.42. The summed E-state index contributed by atoms with van der Waals surface area (Å²) in [6.07, 6.45) is 2.80. The fourth-order valence-electron chi connectivity index (χ4n) is 2.71. The Morgan fingerprint density at radius 2 is 2.17 bits per heavy atom. The zero-order valence-electron chi connectivity index (χ0n) is 13.0. The van der Waals surface area contributed by atoms with Gasteiger partial charge in [-0.25, -0.2) is 9.78 Å². The predicted octanol–water partition coefficient (Wildman–Crippen LogP) is 2.59. The number of hydrogen-bond acceptors (Lipinski definition) is 5. The van der Waals surface area contributed by atoms with Gasteiger partial charge in [-0.1, -0.05) is 25.1 Å². The van der Waals surface area contributed by atoms with Crippen LogP contribution in [-0.4, -0.2) is 34.2 Å².